The fourth-order valence-corrected chi connectivity index (χ4v) is 4.45. The van der Waals surface area contributed by atoms with Gasteiger partial charge in [0.1, 0.15) is 23.2 Å². The molecule has 4 aromatic rings. The molecule has 6 heteroatoms. The zero-order valence-electron chi connectivity index (χ0n) is 18.8. The molecule has 5 rings (SSSR count). The zero-order valence-corrected chi connectivity index (χ0v) is 18.8. The van der Waals surface area contributed by atoms with Gasteiger partial charge in [-0.3, -0.25) is 5.41 Å². The highest BCUT2D eigenvalue weighted by Crippen LogP contribution is 2.25. The predicted octanol–water partition coefficient (Wildman–Crippen LogP) is 5.90. The smallest absolute Gasteiger partial charge is 0.149 e. The quantitative estimate of drug-likeness (QED) is 0.300. The van der Waals surface area contributed by atoms with Crippen LogP contribution in [0.5, 0.6) is 0 Å². The molecule has 0 spiro atoms. The van der Waals surface area contributed by atoms with Crippen LogP contribution in [0.2, 0.25) is 0 Å². The van der Waals surface area contributed by atoms with Crippen LogP contribution in [0.25, 0.3) is 16.5 Å². The lowest BCUT2D eigenvalue weighted by Gasteiger charge is -2.29. The molecule has 5 nitrogen and oxygen atoms in total. The molecular formula is C27H28FN5. The van der Waals surface area contributed by atoms with Crippen molar-refractivity contribution in [2.75, 3.05) is 18.4 Å². The molecule has 0 aliphatic carbocycles. The Bertz CT molecular complexity index is 1290. The van der Waals surface area contributed by atoms with Gasteiger partial charge >= 0.3 is 0 Å². The molecule has 3 aromatic carbocycles. The molecule has 1 fully saturated rings. The average Bonchev–Trinajstić information content (AvgIpc) is 3.22. The minimum atomic E-state index is -0.305. The van der Waals surface area contributed by atoms with Gasteiger partial charge in [-0.2, -0.15) is 5.10 Å². The van der Waals surface area contributed by atoms with Crippen molar-refractivity contribution in [3.8, 4) is 5.69 Å². The van der Waals surface area contributed by atoms with E-state index in [2.05, 4.69) is 15.3 Å². The molecule has 0 atom stereocenters. The number of hydrogen-bond donors (Lipinski definition) is 2. The number of aryl methyl sites for hydroxylation is 1. The van der Waals surface area contributed by atoms with Crippen LogP contribution in [0.1, 0.15) is 36.1 Å². The van der Waals surface area contributed by atoms with Crippen molar-refractivity contribution in [3.63, 3.8) is 0 Å². The Kier molecular flexibility index (Phi) is 5.82. The average molecular weight is 442 g/mol. The lowest BCUT2D eigenvalue weighted by molar-refractivity contribution is 0.341. The van der Waals surface area contributed by atoms with Gasteiger partial charge in [-0.1, -0.05) is 48.5 Å². The van der Waals surface area contributed by atoms with E-state index in [4.69, 9.17) is 5.41 Å². The minimum absolute atomic E-state index is 0.305. The molecule has 1 aliphatic rings. The number of benzene rings is 3. The van der Waals surface area contributed by atoms with Crippen LogP contribution in [-0.4, -0.2) is 33.6 Å². The van der Waals surface area contributed by atoms with Crippen LogP contribution >= 0.6 is 0 Å². The van der Waals surface area contributed by atoms with Crippen molar-refractivity contribution in [1.82, 2.24) is 14.7 Å². The number of halogens is 1. The largest absolute Gasteiger partial charge is 0.366 e. The Morgan fingerprint density at radius 2 is 1.67 bits per heavy atom. The van der Waals surface area contributed by atoms with Crippen molar-refractivity contribution >= 4 is 22.4 Å². The number of nitrogens with one attached hydrogen (secondary N) is 2. The van der Waals surface area contributed by atoms with Gasteiger partial charge in [0.2, 0.25) is 0 Å². The number of amidine groups is 1. The maximum atomic E-state index is 14.9. The number of rotatable bonds is 5. The van der Waals surface area contributed by atoms with Gasteiger partial charge in [0.25, 0.3) is 0 Å². The number of fused-ring (bicyclic) bond motifs is 1. The van der Waals surface area contributed by atoms with E-state index in [0.29, 0.717) is 18.1 Å². The first kappa shape index (κ1) is 21.2. The van der Waals surface area contributed by atoms with Gasteiger partial charge in [0, 0.05) is 31.3 Å². The first-order valence-corrected chi connectivity index (χ1v) is 11.5. The predicted molar refractivity (Wildman–Crippen MR) is 132 cm³/mol. The van der Waals surface area contributed by atoms with Crippen molar-refractivity contribution in [2.24, 2.45) is 0 Å². The van der Waals surface area contributed by atoms with E-state index in [9.17, 15) is 4.39 Å². The number of anilines is 1. The summed E-state index contributed by atoms with van der Waals surface area (Å²) >= 11 is 0. The van der Waals surface area contributed by atoms with E-state index in [-0.39, 0.29) is 5.82 Å². The molecule has 0 bridgehead atoms. The molecule has 33 heavy (non-hydrogen) atoms. The SMILES string of the molecule is Cc1cc(NCc2ccc(C(=N)N3CCCCC3)cc2)n(-c2cc3ccccc3cc2F)n1. The topological polar surface area (TPSA) is 56.9 Å². The van der Waals surface area contributed by atoms with Gasteiger partial charge < -0.3 is 10.2 Å². The summed E-state index contributed by atoms with van der Waals surface area (Å²) in [6, 6.07) is 21.2. The highest BCUT2D eigenvalue weighted by Gasteiger charge is 2.16. The number of nitrogens with zero attached hydrogens (tertiary/aromatic N) is 3. The van der Waals surface area contributed by atoms with E-state index in [1.165, 1.54) is 6.42 Å². The Labute approximate surface area is 193 Å². The summed E-state index contributed by atoms with van der Waals surface area (Å²) in [6.45, 7) is 4.42. The molecule has 2 N–H and O–H groups in total. The lowest BCUT2D eigenvalue weighted by atomic mass is 10.1. The van der Waals surface area contributed by atoms with E-state index in [1.807, 2.05) is 67.6 Å². The molecular weight excluding hydrogens is 413 g/mol. The van der Waals surface area contributed by atoms with Crippen molar-refractivity contribution in [1.29, 1.82) is 5.41 Å². The summed E-state index contributed by atoms with van der Waals surface area (Å²) in [5.41, 5.74) is 3.28. The van der Waals surface area contributed by atoms with Crippen LogP contribution in [-0.2, 0) is 6.54 Å². The normalized spacial score (nSPS) is 13.9. The molecule has 0 saturated carbocycles. The number of aromatic nitrogens is 2. The van der Waals surface area contributed by atoms with Crippen LogP contribution in [0.3, 0.4) is 0 Å². The molecule has 0 unspecified atom stereocenters. The summed E-state index contributed by atoms with van der Waals surface area (Å²) in [5.74, 6) is 1.04. The van der Waals surface area contributed by atoms with E-state index >= 15 is 0 Å². The van der Waals surface area contributed by atoms with Gasteiger partial charge in [0.15, 0.2) is 0 Å². The number of likely N-dealkylation sites (tertiary alicyclic amines) is 1. The second-order valence-electron chi connectivity index (χ2n) is 8.68. The molecule has 1 aromatic heterocycles. The molecule has 0 amide bonds. The Balaban J connectivity index is 1.33. The van der Waals surface area contributed by atoms with Gasteiger partial charge in [-0.05, 0) is 54.7 Å². The third-order valence-electron chi connectivity index (χ3n) is 6.25. The van der Waals surface area contributed by atoms with Crippen molar-refractivity contribution in [3.05, 3.63) is 89.4 Å². The highest BCUT2D eigenvalue weighted by molar-refractivity contribution is 5.96. The maximum Gasteiger partial charge on any atom is 0.149 e. The highest BCUT2D eigenvalue weighted by atomic mass is 19.1. The van der Waals surface area contributed by atoms with Crippen molar-refractivity contribution < 1.29 is 4.39 Å². The maximum absolute atomic E-state index is 14.9. The van der Waals surface area contributed by atoms with Gasteiger partial charge in [-0.15, -0.1) is 0 Å². The second-order valence-corrected chi connectivity index (χ2v) is 8.68. The zero-order chi connectivity index (χ0) is 22.8. The molecule has 168 valence electrons. The second kappa shape index (κ2) is 9.06. The molecule has 0 radical (unpaired) electrons. The lowest BCUT2D eigenvalue weighted by Crippen LogP contribution is -2.35. The summed E-state index contributed by atoms with van der Waals surface area (Å²) < 4.78 is 16.6. The minimum Gasteiger partial charge on any atom is -0.366 e. The summed E-state index contributed by atoms with van der Waals surface area (Å²) in [4.78, 5) is 2.16. The van der Waals surface area contributed by atoms with Gasteiger partial charge in [0.05, 0.1) is 5.69 Å². The first-order chi connectivity index (χ1) is 16.1. The van der Waals surface area contributed by atoms with E-state index < -0.39 is 0 Å². The molecule has 2 heterocycles. The fourth-order valence-electron chi connectivity index (χ4n) is 4.45. The Morgan fingerprint density at radius 3 is 2.39 bits per heavy atom. The number of hydrogen-bond acceptors (Lipinski definition) is 3. The third-order valence-corrected chi connectivity index (χ3v) is 6.25. The third kappa shape index (κ3) is 4.46. The van der Waals surface area contributed by atoms with Crippen LogP contribution in [0, 0.1) is 18.2 Å². The Hall–Kier alpha value is -3.67. The Morgan fingerprint density at radius 1 is 0.970 bits per heavy atom. The summed E-state index contributed by atoms with van der Waals surface area (Å²) in [5, 5.41) is 18.3. The summed E-state index contributed by atoms with van der Waals surface area (Å²) in [6.07, 6.45) is 3.58. The monoisotopic (exact) mass is 441 g/mol. The summed E-state index contributed by atoms with van der Waals surface area (Å²) in [7, 11) is 0. The van der Waals surface area contributed by atoms with E-state index in [0.717, 1.165) is 59.3 Å². The van der Waals surface area contributed by atoms with Crippen molar-refractivity contribution in [2.45, 2.75) is 32.7 Å². The first-order valence-electron chi connectivity index (χ1n) is 11.5. The molecule has 1 saturated heterocycles. The van der Waals surface area contributed by atoms with Crippen LogP contribution in [0.15, 0.2) is 66.7 Å². The van der Waals surface area contributed by atoms with E-state index in [1.54, 1.807) is 10.7 Å². The molecule has 1 aliphatic heterocycles. The van der Waals surface area contributed by atoms with Gasteiger partial charge in [-0.25, -0.2) is 9.07 Å². The van der Waals surface area contributed by atoms with Crippen LogP contribution in [0.4, 0.5) is 10.2 Å². The standard InChI is InChI=1S/C27H28FN5/c1-19-15-26(33(31-19)25-17-23-8-4-3-7-22(23)16-24(25)28)30-18-20-9-11-21(12-10-20)27(29)32-13-5-2-6-14-32/h3-4,7-12,15-17,29-30H,2,5-6,13-14,18H2,1H3. The number of piperidine rings is 1. The fraction of sp³-hybridized carbons (Fsp3) is 0.259. The van der Waals surface area contributed by atoms with Crippen LogP contribution < -0.4 is 5.32 Å².